The Kier molecular flexibility index (Phi) is 3.39. The highest BCUT2D eigenvalue weighted by molar-refractivity contribution is 5.75. The fourth-order valence-corrected chi connectivity index (χ4v) is 2.56. The lowest BCUT2D eigenvalue weighted by Crippen LogP contribution is -1.87. The predicted molar refractivity (Wildman–Crippen MR) is 86.8 cm³/mol. The van der Waals surface area contributed by atoms with E-state index < -0.39 is 0 Å². The molecule has 0 N–H and O–H groups in total. The Bertz CT molecular complexity index is 724. The molecule has 0 nitrogen and oxygen atoms in total. The van der Waals surface area contributed by atoms with E-state index in [-0.39, 0.29) is 0 Å². The van der Waals surface area contributed by atoms with Crippen molar-refractivity contribution in [3.05, 3.63) is 83.9 Å². The third kappa shape index (κ3) is 2.37. The van der Waals surface area contributed by atoms with Crippen LogP contribution >= 0.6 is 0 Å². The lowest BCUT2D eigenvalue weighted by molar-refractivity contribution is 1.34. The van der Waals surface area contributed by atoms with Crippen LogP contribution in [0.15, 0.2) is 72.8 Å². The van der Waals surface area contributed by atoms with E-state index in [1.165, 1.54) is 33.4 Å². The molecule has 0 bridgehead atoms. The zero-order valence-electron chi connectivity index (χ0n) is 11.9. The molecule has 0 heterocycles. The van der Waals surface area contributed by atoms with Crippen molar-refractivity contribution in [1.82, 2.24) is 0 Å². The molecule has 0 aliphatic carbocycles. The summed E-state index contributed by atoms with van der Waals surface area (Å²) in [6, 6.07) is 25.8. The number of rotatable bonds is 2. The van der Waals surface area contributed by atoms with Crippen LogP contribution in [-0.2, 0) is 0 Å². The van der Waals surface area contributed by atoms with Gasteiger partial charge in [-0.15, -0.1) is 0 Å². The fraction of sp³-hybridized carbons (Fsp3) is 0.100. The molecule has 0 unspecified atom stereocenters. The highest BCUT2D eigenvalue weighted by atomic mass is 14.1. The normalized spacial score (nSPS) is 10.5. The van der Waals surface area contributed by atoms with Crippen LogP contribution in [0.4, 0.5) is 0 Å². The Morgan fingerprint density at radius 1 is 0.550 bits per heavy atom. The summed E-state index contributed by atoms with van der Waals surface area (Å²) in [6.45, 7) is 4.36. The molecule has 0 saturated carbocycles. The van der Waals surface area contributed by atoms with Gasteiger partial charge in [0, 0.05) is 0 Å². The van der Waals surface area contributed by atoms with Crippen molar-refractivity contribution in [2.24, 2.45) is 0 Å². The van der Waals surface area contributed by atoms with Crippen molar-refractivity contribution in [2.75, 3.05) is 0 Å². The Balaban J connectivity index is 2.10. The molecule has 0 aromatic heterocycles. The molecule has 3 rings (SSSR count). The number of benzene rings is 3. The highest BCUT2D eigenvalue weighted by Gasteiger charge is 2.05. The minimum absolute atomic E-state index is 1.26. The maximum Gasteiger partial charge on any atom is -0.0152 e. The molecule has 0 radical (unpaired) electrons. The summed E-state index contributed by atoms with van der Waals surface area (Å²) in [7, 11) is 0. The topological polar surface area (TPSA) is 0 Å². The van der Waals surface area contributed by atoms with Gasteiger partial charge >= 0.3 is 0 Å². The van der Waals surface area contributed by atoms with Gasteiger partial charge in [-0.2, -0.15) is 0 Å². The number of hydrogen-bond acceptors (Lipinski definition) is 0. The summed E-state index contributed by atoms with van der Waals surface area (Å²) < 4.78 is 0. The predicted octanol–water partition coefficient (Wildman–Crippen LogP) is 5.64. The first-order valence-electron chi connectivity index (χ1n) is 6.98. The van der Waals surface area contributed by atoms with Crippen LogP contribution in [0, 0.1) is 13.8 Å². The van der Waals surface area contributed by atoms with E-state index in [1.807, 2.05) is 0 Å². The van der Waals surface area contributed by atoms with Crippen LogP contribution in [0.2, 0.25) is 0 Å². The van der Waals surface area contributed by atoms with Crippen LogP contribution in [0.3, 0.4) is 0 Å². The first kappa shape index (κ1) is 12.7. The molecule has 3 aromatic carbocycles. The number of hydrogen-bond donors (Lipinski definition) is 0. The summed E-state index contributed by atoms with van der Waals surface area (Å²) in [5.41, 5.74) is 7.84. The Hall–Kier alpha value is -2.34. The van der Waals surface area contributed by atoms with Crippen LogP contribution in [-0.4, -0.2) is 0 Å². The average Bonchev–Trinajstić information content (AvgIpc) is 2.51. The highest BCUT2D eigenvalue weighted by Crippen LogP contribution is 2.29. The van der Waals surface area contributed by atoms with Gasteiger partial charge in [0.15, 0.2) is 0 Å². The van der Waals surface area contributed by atoms with Gasteiger partial charge in [-0.25, -0.2) is 0 Å². The Labute approximate surface area is 120 Å². The Morgan fingerprint density at radius 2 is 1.20 bits per heavy atom. The van der Waals surface area contributed by atoms with Gasteiger partial charge in [-0.05, 0) is 53.3 Å². The fourth-order valence-electron chi connectivity index (χ4n) is 2.56. The molecule has 0 amide bonds. The monoisotopic (exact) mass is 258 g/mol. The molecule has 0 fully saturated rings. The third-order valence-electron chi connectivity index (χ3n) is 3.89. The lowest BCUT2D eigenvalue weighted by atomic mass is 9.94. The molecular weight excluding hydrogens is 240 g/mol. The minimum Gasteiger partial charge on any atom is -0.0622 e. The second kappa shape index (κ2) is 5.34. The second-order valence-corrected chi connectivity index (χ2v) is 5.19. The van der Waals surface area contributed by atoms with E-state index in [0.29, 0.717) is 0 Å². The van der Waals surface area contributed by atoms with Crippen molar-refractivity contribution < 1.29 is 0 Å². The van der Waals surface area contributed by atoms with Crippen LogP contribution in [0.1, 0.15) is 11.1 Å². The zero-order chi connectivity index (χ0) is 13.9. The SMILES string of the molecule is Cc1cccc(-c2cccc(-c3ccccc3)c2)c1C. The van der Waals surface area contributed by atoms with Crippen molar-refractivity contribution in [3.63, 3.8) is 0 Å². The third-order valence-corrected chi connectivity index (χ3v) is 3.89. The molecule has 0 heteroatoms. The van der Waals surface area contributed by atoms with Gasteiger partial charge in [0.25, 0.3) is 0 Å². The van der Waals surface area contributed by atoms with E-state index in [4.69, 9.17) is 0 Å². The summed E-state index contributed by atoms with van der Waals surface area (Å²) in [5, 5.41) is 0. The maximum absolute atomic E-state index is 2.27. The largest absolute Gasteiger partial charge is 0.0622 e. The van der Waals surface area contributed by atoms with E-state index in [9.17, 15) is 0 Å². The quantitative estimate of drug-likeness (QED) is 0.558. The van der Waals surface area contributed by atoms with Crippen LogP contribution in [0.5, 0.6) is 0 Å². The lowest BCUT2D eigenvalue weighted by Gasteiger charge is -2.10. The van der Waals surface area contributed by atoms with Crippen LogP contribution < -0.4 is 0 Å². The van der Waals surface area contributed by atoms with Crippen molar-refractivity contribution >= 4 is 0 Å². The molecule has 98 valence electrons. The van der Waals surface area contributed by atoms with E-state index in [1.54, 1.807) is 0 Å². The first-order valence-corrected chi connectivity index (χ1v) is 6.98. The van der Waals surface area contributed by atoms with Gasteiger partial charge in [0.05, 0.1) is 0 Å². The summed E-state index contributed by atoms with van der Waals surface area (Å²) >= 11 is 0. The smallest absolute Gasteiger partial charge is 0.0152 e. The zero-order valence-corrected chi connectivity index (χ0v) is 11.9. The van der Waals surface area contributed by atoms with Gasteiger partial charge in [0.2, 0.25) is 0 Å². The maximum atomic E-state index is 2.27. The van der Waals surface area contributed by atoms with E-state index >= 15 is 0 Å². The van der Waals surface area contributed by atoms with Gasteiger partial charge in [0.1, 0.15) is 0 Å². The molecule has 0 aliphatic heterocycles. The Morgan fingerprint density at radius 3 is 2.00 bits per heavy atom. The van der Waals surface area contributed by atoms with Gasteiger partial charge < -0.3 is 0 Å². The summed E-state index contributed by atoms with van der Waals surface area (Å²) in [5.74, 6) is 0. The second-order valence-electron chi connectivity index (χ2n) is 5.19. The molecule has 0 aliphatic rings. The minimum atomic E-state index is 1.26. The van der Waals surface area contributed by atoms with E-state index in [2.05, 4.69) is 86.6 Å². The van der Waals surface area contributed by atoms with Crippen molar-refractivity contribution in [3.8, 4) is 22.3 Å². The van der Waals surface area contributed by atoms with Gasteiger partial charge in [-0.3, -0.25) is 0 Å². The molecule has 0 atom stereocenters. The molecular formula is C20H18. The average molecular weight is 258 g/mol. The van der Waals surface area contributed by atoms with Crippen molar-refractivity contribution in [2.45, 2.75) is 13.8 Å². The first-order chi connectivity index (χ1) is 9.75. The molecule has 0 spiro atoms. The molecule has 20 heavy (non-hydrogen) atoms. The summed E-state index contributed by atoms with van der Waals surface area (Å²) in [4.78, 5) is 0. The van der Waals surface area contributed by atoms with Crippen molar-refractivity contribution in [1.29, 1.82) is 0 Å². The van der Waals surface area contributed by atoms with Crippen LogP contribution in [0.25, 0.3) is 22.3 Å². The van der Waals surface area contributed by atoms with Gasteiger partial charge in [-0.1, -0.05) is 66.7 Å². The standard InChI is InChI=1S/C20H18/c1-15-8-6-13-20(16(15)2)19-12-7-11-18(14-19)17-9-4-3-5-10-17/h3-14H,1-2H3. The summed E-state index contributed by atoms with van der Waals surface area (Å²) in [6.07, 6.45) is 0. The molecule has 3 aromatic rings. The number of aryl methyl sites for hydroxylation is 1. The van der Waals surface area contributed by atoms with E-state index in [0.717, 1.165) is 0 Å². The molecule has 0 saturated heterocycles.